The number of benzene rings is 1. The number of nitrogens with zero attached hydrogens (tertiary/aromatic N) is 2. The number of nitrogens with one attached hydrogen (secondary N) is 1. The van der Waals surface area contributed by atoms with Gasteiger partial charge in [0.25, 0.3) is 0 Å². The fourth-order valence-electron chi connectivity index (χ4n) is 3.22. The zero-order valence-electron chi connectivity index (χ0n) is 14.0. The van der Waals surface area contributed by atoms with Gasteiger partial charge in [0.15, 0.2) is 5.76 Å². The molecule has 1 fully saturated rings. The number of halogens is 1. The number of carbonyl (C=O) groups excluding carboxylic acids is 1. The lowest BCUT2D eigenvalue weighted by Crippen LogP contribution is -2.38. The molecule has 128 valence electrons. The molecule has 24 heavy (non-hydrogen) atoms. The molecule has 1 aliphatic rings. The molecule has 5 nitrogen and oxygen atoms in total. The molecule has 0 aliphatic carbocycles. The zero-order valence-corrected chi connectivity index (χ0v) is 14.8. The lowest BCUT2D eigenvalue weighted by Gasteiger charge is -2.30. The van der Waals surface area contributed by atoms with Crippen molar-refractivity contribution in [3.05, 3.63) is 46.3 Å². The predicted molar refractivity (Wildman–Crippen MR) is 94.4 cm³/mol. The smallest absolute Gasteiger partial charge is 0.322 e. The molecule has 0 bridgehead atoms. The molecular weight excluding hydrogens is 326 g/mol. The molecule has 0 radical (unpaired) electrons. The summed E-state index contributed by atoms with van der Waals surface area (Å²) in [5, 5.41) is 7.58. The van der Waals surface area contributed by atoms with Crippen LogP contribution in [0.15, 0.2) is 28.8 Å². The molecule has 0 spiro atoms. The van der Waals surface area contributed by atoms with Crippen molar-refractivity contribution in [2.75, 3.05) is 11.9 Å². The van der Waals surface area contributed by atoms with Crippen LogP contribution >= 0.6 is 11.6 Å². The van der Waals surface area contributed by atoms with E-state index in [2.05, 4.69) is 10.5 Å². The quantitative estimate of drug-likeness (QED) is 0.822. The number of rotatable bonds is 2. The summed E-state index contributed by atoms with van der Waals surface area (Å²) in [5.41, 5.74) is 2.48. The molecule has 1 atom stereocenters. The summed E-state index contributed by atoms with van der Waals surface area (Å²) in [6.45, 7) is 4.36. The Kier molecular flexibility index (Phi) is 5.09. The van der Waals surface area contributed by atoms with Crippen LogP contribution in [0.5, 0.6) is 0 Å². The van der Waals surface area contributed by atoms with E-state index in [0.29, 0.717) is 22.2 Å². The van der Waals surface area contributed by atoms with Crippen LogP contribution in [0.2, 0.25) is 5.02 Å². The van der Waals surface area contributed by atoms with Crippen molar-refractivity contribution >= 4 is 23.3 Å². The fourth-order valence-corrected chi connectivity index (χ4v) is 3.35. The molecule has 2 heterocycles. The van der Waals surface area contributed by atoms with E-state index >= 15 is 0 Å². The summed E-state index contributed by atoms with van der Waals surface area (Å²) in [7, 11) is 0. The topological polar surface area (TPSA) is 58.4 Å². The van der Waals surface area contributed by atoms with Gasteiger partial charge in [-0.1, -0.05) is 41.7 Å². The van der Waals surface area contributed by atoms with Crippen LogP contribution < -0.4 is 5.32 Å². The molecule has 1 unspecified atom stereocenters. The van der Waals surface area contributed by atoms with E-state index in [1.165, 1.54) is 0 Å². The van der Waals surface area contributed by atoms with E-state index in [0.717, 1.165) is 37.8 Å². The Hall–Kier alpha value is -2.01. The third-order valence-electron chi connectivity index (χ3n) is 4.53. The van der Waals surface area contributed by atoms with Gasteiger partial charge in [-0.2, -0.15) is 0 Å². The highest BCUT2D eigenvalue weighted by Gasteiger charge is 2.28. The summed E-state index contributed by atoms with van der Waals surface area (Å²) < 4.78 is 5.13. The maximum atomic E-state index is 12.9. The third kappa shape index (κ3) is 3.56. The van der Waals surface area contributed by atoms with Crippen LogP contribution in [-0.2, 0) is 0 Å². The zero-order chi connectivity index (χ0) is 17.1. The predicted octanol–water partition coefficient (Wildman–Crippen LogP) is 5.09. The van der Waals surface area contributed by atoms with E-state index in [4.69, 9.17) is 16.1 Å². The number of aryl methyl sites for hydroxylation is 2. The van der Waals surface area contributed by atoms with Crippen LogP contribution in [0.1, 0.15) is 48.7 Å². The van der Waals surface area contributed by atoms with Crippen LogP contribution in [0, 0.1) is 13.8 Å². The summed E-state index contributed by atoms with van der Waals surface area (Å²) in [6.07, 6.45) is 4.22. The van der Waals surface area contributed by atoms with E-state index in [1.54, 1.807) is 6.92 Å². The Morgan fingerprint density at radius 1 is 1.25 bits per heavy atom. The Morgan fingerprint density at radius 3 is 2.67 bits per heavy atom. The summed E-state index contributed by atoms with van der Waals surface area (Å²) in [5.74, 6) is 0.624. The molecule has 1 N–H and O–H groups in total. The van der Waals surface area contributed by atoms with Crippen LogP contribution in [-0.4, -0.2) is 22.6 Å². The standard InChI is InChI=1S/C18H22ClN3O2/c1-12-17(13(2)24-21-12)20-18(23)22-11-5-3-4-6-16(22)14-7-9-15(19)10-8-14/h7-10,16H,3-6,11H2,1-2H3,(H,20,23). The van der Waals surface area contributed by atoms with Crippen LogP contribution in [0.25, 0.3) is 0 Å². The average Bonchev–Trinajstić information content (AvgIpc) is 2.79. The maximum Gasteiger partial charge on any atom is 0.322 e. The van der Waals surface area contributed by atoms with Crippen molar-refractivity contribution in [2.45, 2.75) is 45.6 Å². The summed E-state index contributed by atoms with van der Waals surface area (Å²) in [6, 6.07) is 7.73. The van der Waals surface area contributed by atoms with Gasteiger partial charge in [0, 0.05) is 11.6 Å². The van der Waals surface area contributed by atoms with E-state index in [1.807, 2.05) is 36.1 Å². The minimum absolute atomic E-state index is 0.0604. The number of likely N-dealkylation sites (tertiary alicyclic amines) is 1. The van der Waals surface area contributed by atoms with E-state index < -0.39 is 0 Å². The normalized spacial score (nSPS) is 18.3. The highest BCUT2D eigenvalue weighted by molar-refractivity contribution is 6.30. The Balaban J connectivity index is 1.84. The van der Waals surface area contributed by atoms with Gasteiger partial charge in [-0.15, -0.1) is 0 Å². The van der Waals surface area contributed by atoms with Gasteiger partial charge in [-0.25, -0.2) is 4.79 Å². The largest absolute Gasteiger partial charge is 0.359 e. The Morgan fingerprint density at radius 2 is 2.00 bits per heavy atom. The van der Waals surface area contributed by atoms with Crippen molar-refractivity contribution in [1.29, 1.82) is 0 Å². The number of amides is 2. The fraction of sp³-hybridized carbons (Fsp3) is 0.444. The van der Waals surface area contributed by atoms with Gasteiger partial charge in [0.05, 0.1) is 6.04 Å². The van der Waals surface area contributed by atoms with Gasteiger partial charge in [0.2, 0.25) is 0 Å². The number of urea groups is 1. The lowest BCUT2D eigenvalue weighted by atomic mass is 10.0. The van der Waals surface area contributed by atoms with Gasteiger partial charge in [0.1, 0.15) is 11.4 Å². The van der Waals surface area contributed by atoms with Crippen molar-refractivity contribution < 1.29 is 9.32 Å². The molecule has 2 amide bonds. The van der Waals surface area contributed by atoms with Gasteiger partial charge < -0.3 is 14.7 Å². The first-order valence-electron chi connectivity index (χ1n) is 8.32. The molecule has 1 saturated heterocycles. The SMILES string of the molecule is Cc1noc(C)c1NC(=O)N1CCCCCC1c1ccc(Cl)cc1. The number of hydrogen-bond donors (Lipinski definition) is 1. The lowest BCUT2D eigenvalue weighted by molar-refractivity contribution is 0.189. The second-order valence-electron chi connectivity index (χ2n) is 6.24. The molecule has 1 aromatic carbocycles. The van der Waals surface area contributed by atoms with Crippen molar-refractivity contribution in [2.24, 2.45) is 0 Å². The maximum absolute atomic E-state index is 12.9. The number of anilines is 1. The highest BCUT2D eigenvalue weighted by atomic mass is 35.5. The van der Waals surface area contributed by atoms with Gasteiger partial charge >= 0.3 is 6.03 Å². The minimum Gasteiger partial charge on any atom is -0.359 e. The van der Waals surface area contributed by atoms with Gasteiger partial charge in [-0.3, -0.25) is 0 Å². The summed E-state index contributed by atoms with van der Waals surface area (Å²) >= 11 is 6.00. The first kappa shape index (κ1) is 16.8. The number of carbonyl (C=O) groups is 1. The van der Waals surface area contributed by atoms with Crippen molar-refractivity contribution in [1.82, 2.24) is 10.1 Å². The van der Waals surface area contributed by atoms with E-state index in [9.17, 15) is 4.79 Å². The van der Waals surface area contributed by atoms with E-state index in [-0.39, 0.29) is 12.1 Å². The Bertz CT molecular complexity index is 692. The third-order valence-corrected chi connectivity index (χ3v) is 4.79. The first-order valence-corrected chi connectivity index (χ1v) is 8.70. The number of hydrogen-bond acceptors (Lipinski definition) is 3. The van der Waals surface area contributed by atoms with Gasteiger partial charge in [-0.05, 0) is 44.4 Å². The molecule has 1 aromatic heterocycles. The van der Waals surface area contributed by atoms with Crippen molar-refractivity contribution in [3.8, 4) is 0 Å². The summed E-state index contributed by atoms with van der Waals surface area (Å²) in [4.78, 5) is 14.8. The van der Waals surface area contributed by atoms with Crippen LogP contribution in [0.4, 0.5) is 10.5 Å². The van der Waals surface area contributed by atoms with Crippen molar-refractivity contribution in [3.63, 3.8) is 0 Å². The van der Waals surface area contributed by atoms with Crippen LogP contribution in [0.3, 0.4) is 0 Å². The average molecular weight is 348 g/mol. The minimum atomic E-state index is -0.105. The molecular formula is C18H22ClN3O2. The number of aromatic nitrogens is 1. The monoisotopic (exact) mass is 347 g/mol. The highest BCUT2D eigenvalue weighted by Crippen LogP contribution is 2.32. The molecule has 2 aromatic rings. The first-order chi connectivity index (χ1) is 11.6. The molecule has 0 saturated carbocycles. The second kappa shape index (κ2) is 7.26. The Labute approximate surface area is 147 Å². The molecule has 3 rings (SSSR count). The molecule has 6 heteroatoms. The second-order valence-corrected chi connectivity index (χ2v) is 6.68. The molecule has 1 aliphatic heterocycles.